The van der Waals surface area contributed by atoms with E-state index in [-0.39, 0.29) is 33.8 Å². The van der Waals surface area contributed by atoms with Crippen molar-refractivity contribution in [2.45, 2.75) is 13.8 Å². The third-order valence-corrected chi connectivity index (χ3v) is 7.35. The lowest BCUT2D eigenvalue weighted by Crippen LogP contribution is -2.39. The van der Waals surface area contributed by atoms with E-state index in [2.05, 4.69) is 0 Å². The van der Waals surface area contributed by atoms with E-state index in [1.54, 1.807) is 135 Å². The number of rotatable bonds is 8. The van der Waals surface area contributed by atoms with Gasteiger partial charge < -0.3 is 9.68 Å². The highest BCUT2D eigenvalue weighted by Gasteiger charge is 2.54. The second kappa shape index (κ2) is 10.9. The van der Waals surface area contributed by atoms with Gasteiger partial charge in [-0.25, -0.2) is 0 Å². The van der Waals surface area contributed by atoms with Gasteiger partial charge in [0.2, 0.25) is 0 Å². The van der Waals surface area contributed by atoms with Crippen LogP contribution in [0.5, 0.6) is 11.5 Å². The van der Waals surface area contributed by atoms with Gasteiger partial charge in [-0.2, -0.15) is 0 Å². The van der Waals surface area contributed by atoms with E-state index in [0.717, 1.165) is 0 Å². The van der Waals surface area contributed by atoms with Crippen LogP contribution in [-0.2, 0) is 19.2 Å². The highest BCUT2D eigenvalue weighted by atomic mass is 16.7. The van der Waals surface area contributed by atoms with Crippen molar-refractivity contribution in [1.82, 2.24) is 10.1 Å². The number of nitrogens with zero attached hydrogens (tertiary/aromatic N) is 2. The van der Waals surface area contributed by atoms with Crippen LogP contribution >= 0.6 is 0 Å². The van der Waals surface area contributed by atoms with Gasteiger partial charge in [0.25, 0.3) is 23.6 Å². The predicted octanol–water partition coefficient (Wildman–Crippen LogP) is 5.65. The topological polar surface area (TPSA) is 93.2 Å². The van der Waals surface area contributed by atoms with Crippen LogP contribution in [0.25, 0.3) is 11.1 Å². The van der Waals surface area contributed by atoms with Crippen LogP contribution in [0.15, 0.2) is 132 Å². The van der Waals surface area contributed by atoms with E-state index >= 15 is 0 Å². The molecule has 4 aromatic rings. The zero-order valence-corrected chi connectivity index (χ0v) is 23.4. The minimum atomic E-state index is -1.46. The Morgan fingerprint density at radius 3 is 1.07 bits per heavy atom. The maximum atomic E-state index is 14.2. The van der Waals surface area contributed by atoms with Crippen LogP contribution in [-0.4, -0.2) is 33.8 Å². The van der Waals surface area contributed by atoms with Crippen LogP contribution in [0.1, 0.15) is 25.0 Å². The molecule has 0 fully saturated rings. The first-order valence-electron chi connectivity index (χ1n) is 13.6. The van der Waals surface area contributed by atoms with Gasteiger partial charge in [0.15, 0.2) is 11.5 Å². The fourth-order valence-corrected chi connectivity index (χ4v) is 5.39. The third kappa shape index (κ3) is 4.78. The Morgan fingerprint density at radius 2 is 0.744 bits per heavy atom. The van der Waals surface area contributed by atoms with Crippen molar-refractivity contribution in [3.8, 4) is 11.5 Å². The lowest BCUT2D eigenvalue weighted by molar-refractivity contribution is -0.163. The van der Waals surface area contributed by atoms with E-state index in [4.69, 9.17) is 9.68 Å². The molecule has 4 aromatic carbocycles. The Balaban J connectivity index is 1.52. The lowest BCUT2D eigenvalue weighted by Gasteiger charge is -2.28. The van der Waals surface area contributed by atoms with Crippen LogP contribution < -0.4 is 9.68 Å². The Labute approximate surface area is 248 Å². The van der Waals surface area contributed by atoms with Crippen molar-refractivity contribution in [2.75, 3.05) is 0 Å². The smallest absolute Gasteiger partial charge is 0.295 e. The van der Waals surface area contributed by atoms with Crippen molar-refractivity contribution in [2.24, 2.45) is 5.41 Å². The zero-order chi connectivity index (χ0) is 30.1. The van der Waals surface area contributed by atoms with Gasteiger partial charge >= 0.3 is 0 Å². The van der Waals surface area contributed by atoms with Gasteiger partial charge in [0, 0.05) is 16.6 Å². The maximum Gasteiger partial charge on any atom is 0.295 e. The molecule has 212 valence electrons. The van der Waals surface area contributed by atoms with E-state index < -0.39 is 29.0 Å². The number of carbonyl (C=O) groups excluding carboxylic acids is 4. The fourth-order valence-electron chi connectivity index (χ4n) is 5.39. The summed E-state index contributed by atoms with van der Waals surface area (Å²) >= 11 is 0. The van der Waals surface area contributed by atoms with E-state index in [1.807, 2.05) is 0 Å². The molecule has 0 unspecified atom stereocenters. The van der Waals surface area contributed by atoms with Crippen molar-refractivity contribution < 1.29 is 28.9 Å². The Kier molecular flexibility index (Phi) is 6.95. The summed E-state index contributed by atoms with van der Waals surface area (Å²) in [5, 5.41) is 1.41. The Bertz CT molecular complexity index is 1660. The third-order valence-electron chi connectivity index (χ3n) is 7.35. The zero-order valence-electron chi connectivity index (χ0n) is 23.4. The number of hydrogen-bond donors (Lipinski definition) is 0. The lowest BCUT2D eigenvalue weighted by atomic mass is 9.72. The number of para-hydroxylation sites is 2. The highest BCUT2D eigenvalue weighted by Crippen LogP contribution is 2.49. The summed E-state index contributed by atoms with van der Waals surface area (Å²) in [4.78, 5) is 67.7. The highest BCUT2D eigenvalue weighted by molar-refractivity contribution is 6.39. The summed E-state index contributed by atoms with van der Waals surface area (Å²) in [5.41, 5.74) is -0.322. The first kappa shape index (κ1) is 27.4. The Hall–Kier alpha value is -5.76. The minimum absolute atomic E-state index is 0.0192. The minimum Gasteiger partial charge on any atom is -0.368 e. The van der Waals surface area contributed by atoms with Gasteiger partial charge in [0.1, 0.15) is 0 Å². The van der Waals surface area contributed by atoms with Crippen LogP contribution in [0.4, 0.5) is 0 Å². The fraction of sp³-hybridized carbons (Fsp3) is 0.0857. The summed E-state index contributed by atoms with van der Waals surface area (Å²) in [6.45, 7) is 3.30. The molecule has 43 heavy (non-hydrogen) atoms. The van der Waals surface area contributed by atoms with Gasteiger partial charge in [0.05, 0.1) is 11.1 Å². The largest absolute Gasteiger partial charge is 0.368 e. The van der Waals surface area contributed by atoms with Crippen molar-refractivity contribution in [3.05, 3.63) is 144 Å². The molecule has 0 aliphatic carbocycles. The molecule has 0 saturated heterocycles. The molecule has 0 aromatic heterocycles. The molecule has 0 bridgehead atoms. The van der Waals surface area contributed by atoms with Gasteiger partial charge in [-0.15, -0.1) is 0 Å². The summed E-state index contributed by atoms with van der Waals surface area (Å²) in [6, 6.07) is 34.4. The van der Waals surface area contributed by atoms with Crippen LogP contribution in [0.3, 0.4) is 0 Å². The molecular formula is C35H26N2O6. The summed E-state index contributed by atoms with van der Waals surface area (Å²) in [5.74, 6) is -2.26. The monoisotopic (exact) mass is 570 g/mol. The second-order valence-corrected chi connectivity index (χ2v) is 10.5. The molecule has 0 spiro atoms. The molecule has 2 heterocycles. The molecule has 0 N–H and O–H groups in total. The number of imide groups is 2. The second-order valence-electron chi connectivity index (χ2n) is 10.5. The predicted molar refractivity (Wildman–Crippen MR) is 158 cm³/mol. The number of hydrogen-bond acceptors (Lipinski definition) is 6. The number of hydroxylamine groups is 4. The normalized spacial score (nSPS) is 15.6. The van der Waals surface area contributed by atoms with Crippen molar-refractivity contribution in [1.29, 1.82) is 0 Å². The maximum absolute atomic E-state index is 14.2. The van der Waals surface area contributed by atoms with Gasteiger partial charge in [-0.05, 0) is 35.4 Å². The van der Waals surface area contributed by atoms with Gasteiger partial charge in [-0.1, -0.05) is 121 Å². The summed E-state index contributed by atoms with van der Waals surface area (Å²) < 4.78 is 0. The SMILES string of the molecule is CC(C)(C1=C(c2ccccc2)C(=O)N(Oc2ccccc2)C1=O)C1=C(c2ccccc2)C(=O)N(Oc2ccccc2)C1=O. The van der Waals surface area contributed by atoms with Gasteiger partial charge in [-0.3, -0.25) is 19.2 Å². The molecule has 4 amide bonds. The number of carbonyl (C=O) groups is 4. The van der Waals surface area contributed by atoms with E-state index in [9.17, 15) is 19.2 Å². The first-order chi connectivity index (χ1) is 20.8. The van der Waals surface area contributed by atoms with Crippen molar-refractivity contribution >= 4 is 34.8 Å². The van der Waals surface area contributed by atoms with Crippen molar-refractivity contribution in [3.63, 3.8) is 0 Å². The van der Waals surface area contributed by atoms with E-state index in [0.29, 0.717) is 21.3 Å². The van der Waals surface area contributed by atoms with E-state index in [1.165, 1.54) is 0 Å². The summed E-state index contributed by atoms with van der Waals surface area (Å²) in [7, 11) is 0. The average Bonchev–Trinajstić information content (AvgIpc) is 3.44. The molecule has 2 aliphatic rings. The quantitative estimate of drug-likeness (QED) is 0.255. The molecule has 2 aliphatic heterocycles. The standard InChI is InChI=1S/C35H26N2O6/c1-35(2,29-27(23-15-7-3-8-16-23)31(38)36(33(29)40)42-25-19-11-5-12-20-25)30-28(24-17-9-4-10-18-24)32(39)37(34(30)41)43-26-21-13-6-14-22-26/h3-22H,1-2H3. The first-order valence-corrected chi connectivity index (χ1v) is 13.6. The Morgan fingerprint density at radius 1 is 0.442 bits per heavy atom. The molecule has 0 radical (unpaired) electrons. The summed E-state index contributed by atoms with van der Waals surface area (Å²) in [6.07, 6.45) is 0. The number of benzene rings is 4. The molecule has 8 heteroatoms. The molecule has 8 nitrogen and oxygen atoms in total. The van der Waals surface area contributed by atoms with Crippen LogP contribution in [0.2, 0.25) is 0 Å². The average molecular weight is 571 g/mol. The molecule has 0 atom stereocenters. The molecular weight excluding hydrogens is 544 g/mol. The molecule has 6 rings (SSSR count). The number of amides is 4. The van der Waals surface area contributed by atoms with Crippen LogP contribution in [0, 0.1) is 5.41 Å². The molecule has 0 saturated carbocycles.